The molecule has 1 aliphatic heterocycles. The molecule has 1 heterocycles. The molecule has 8 nitrogen and oxygen atoms in total. The largest absolute Gasteiger partial charge is 0.479 e. The van der Waals surface area contributed by atoms with Gasteiger partial charge in [-0.3, -0.25) is 4.79 Å². The molecule has 0 radical (unpaired) electrons. The fraction of sp³-hybridized carbons (Fsp3) is 0.882. The maximum atomic E-state index is 12.7. The molecule has 150 valence electrons. The molecule has 0 aromatic rings. The Bertz CT molecular complexity index is 654. The number of sulfonamides is 1. The number of carboxylic acids is 1. The van der Waals surface area contributed by atoms with E-state index in [4.69, 9.17) is 4.74 Å². The first-order valence-electron chi connectivity index (χ1n) is 9.16. The molecule has 0 aromatic carbocycles. The molecule has 2 N–H and O–H groups in total. The quantitative estimate of drug-likeness (QED) is 0.665. The summed E-state index contributed by atoms with van der Waals surface area (Å²) < 4.78 is 30.8. The second-order valence-electron chi connectivity index (χ2n) is 7.64. The second-order valence-corrected chi connectivity index (χ2v) is 9.90. The van der Waals surface area contributed by atoms with Gasteiger partial charge in [-0.2, -0.15) is 0 Å². The van der Waals surface area contributed by atoms with Gasteiger partial charge in [-0.15, -0.1) is 0 Å². The van der Waals surface area contributed by atoms with Crippen LogP contribution in [-0.4, -0.2) is 66.8 Å². The second kappa shape index (κ2) is 7.44. The molecule has 0 spiro atoms. The van der Waals surface area contributed by atoms with Gasteiger partial charge in [0.25, 0.3) is 0 Å². The van der Waals surface area contributed by atoms with Crippen LogP contribution in [0.25, 0.3) is 0 Å². The Morgan fingerprint density at radius 3 is 2.23 bits per heavy atom. The molecular formula is C17H30N2O6S. The predicted octanol–water partition coefficient (Wildman–Crippen LogP) is 0.823. The van der Waals surface area contributed by atoms with Crippen molar-refractivity contribution < 1.29 is 27.9 Å². The number of rotatable bonds is 7. The minimum atomic E-state index is -3.25. The highest BCUT2D eigenvalue weighted by Gasteiger charge is 2.66. The molecule has 2 unspecified atom stereocenters. The van der Waals surface area contributed by atoms with Crippen molar-refractivity contribution in [3.05, 3.63) is 0 Å². The number of aliphatic carboxylic acids is 1. The number of hydrogen-bond donors (Lipinski definition) is 2. The lowest BCUT2D eigenvalue weighted by Crippen LogP contribution is -2.76. The highest BCUT2D eigenvalue weighted by Crippen LogP contribution is 2.51. The Balaban J connectivity index is 2.04. The average molecular weight is 391 g/mol. The molecule has 2 rings (SSSR count). The lowest BCUT2D eigenvalue weighted by Gasteiger charge is -2.58. The molecule has 1 aliphatic carbocycles. The topological polar surface area (TPSA) is 113 Å². The molecule has 2 atom stereocenters. The number of nitrogens with zero attached hydrogens (tertiary/aromatic N) is 1. The number of ether oxygens (including phenoxy) is 1. The van der Waals surface area contributed by atoms with Crippen LogP contribution in [0, 0.1) is 11.3 Å². The van der Waals surface area contributed by atoms with Crippen molar-refractivity contribution in [1.82, 2.24) is 9.62 Å². The number of carbonyl (C=O) groups is 2. The maximum Gasteiger partial charge on any atom is 0.330 e. The van der Waals surface area contributed by atoms with Crippen molar-refractivity contribution in [2.45, 2.75) is 58.6 Å². The summed E-state index contributed by atoms with van der Waals surface area (Å²) in [5, 5.41) is 12.5. The zero-order valence-electron chi connectivity index (χ0n) is 15.9. The molecule has 0 bridgehead atoms. The number of carboxylic acid groups (broad SMARTS) is 1. The molecule has 1 saturated heterocycles. The summed E-state index contributed by atoms with van der Waals surface area (Å²) in [6, 6.07) is 0. The van der Waals surface area contributed by atoms with Crippen molar-refractivity contribution in [1.29, 1.82) is 0 Å². The fourth-order valence-electron chi connectivity index (χ4n) is 3.93. The molecule has 2 aliphatic rings. The van der Waals surface area contributed by atoms with Crippen LogP contribution in [0.4, 0.5) is 0 Å². The van der Waals surface area contributed by atoms with Crippen molar-refractivity contribution in [2.24, 2.45) is 11.3 Å². The first kappa shape index (κ1) is 21.1. The standard InChI is InChI=1S/C17H30N2O6S/c1-5-25-13-11-17(15(21)22,16(13,3)4)18-14(20)12-7-9-19(10-8-12)26(23,24)6-2/h12-13H,5-11H2,1-4H3,(H,18,20)(H,21,22). The van der Waals surface area contributed by atoms with Crippen LogP contribution in [0.15, 0.2) is 0 Å². The monoisotopic (exact) mass is 390 g/mol. The minimum Gasteiger partial charge on any atom is -0.479 e. The highest BCUT2D eigenvalue weighted by atomic mass is 32.2. The van der Waals surface area contributed by atoms with E-state index in [1.165, 1.54) is 4.31 Å². The van der Waals surface area contributed by atoms with Gasteiger partial charge in [-0.1, -0.05) is 13.8 Å². The summed E-state index contributed by atoms with van der Waals surface area (Å²) in [7, 11) is -3.25. The smallest absolute Gasteiger partial charge is 0.330 e. The highest BCUT2D eigenvalue weighted by molar-refractivity contribution is 7.89. The third-order valence-corrected chi connectivity index (χ3v) is 7.93. The van der Waals surface area contributed by atoms with Gasteiger partial charge in [0, 0.05) is 37.5 Å². The van der Waals surface area contributed by atoms with Crippen molar-refractivity contribution in [3.8, 4) is 0 Å². The predicted molar refractivity (Wildman–Crippen MR) is 96.1 cm³/mol. The number of piperidine rings is 1. The van der Waals surface area contributed by atoms with E-state index >= 15 is 0 Å². The van der Waals surface area contributed by atoms with Crippen molar-refractivity contribution in [3.63, 3.8) is 0 Å². The Labute approximate surface area is 155 Å². The molecule has 1 amide bonds. The molecule has 1 saturated carbocycles. The van der Waals surface area contributed by atoms with Gasteiger partial charge in [-0.05, 0) is 26.7 Å². The summed E-state index contributed by atoms with van der Waals surface area (Å²) in [5.74, 6) is -1.71. The Kier molecular flexibility index (Phi) is 6.04. The number of nitrogens with one attached hydrogen (secondary N) is 1. The van der Waals surface area contributed by atoms with Gasteiger partial charge >= 0.3 is 5.97 Å². The Morgan fingerprint density at radius 1 is 1.23 bits per heavy atom. The van der Waals surface area contributed by atoms with Crippen molar-refractivity contribution >= 4 is 21.9 Å². The molecule has 0 aromatic heterocycles. The molecule has 26 heavy (non-hydrogen) atoms. The summed E-state index contributed by atoms with van der Waals surface area (Å²) >= 11 is 0. The van der Waals surface area contributed by atoms with Gasteiger partial charge in [-0.25, -0.2) is 17.5 Å². The van der Waals surface area contributed by atoms with Crippen LogP contribution >= 0.6 is 0 Å². The van der Waals surface area contributed by atoms with E-state index in [9.17, 15) is 23.1 Å². The van der Waals surface area contributed by atoms with Crippen LogP contribution in [0.1, 0.15) is 47.0 Å². The Hall–Kier alpha value is -1.19. The first-order chi connectivity index (χ1) is 12.0. The van der Waals surface area contributed by atoms with E-state index in [1.54, 1.807) is 20.8 Å². The van der Waals surface area contributed by atoms with Gasteiger partial charge in [0.15, 0.2) is 0 Å². The minimum absolute atomic E-state index is 0.0407. The average Bonchev–Trinajstić information content (AvgIpc) is 2.60. The maximum absolute atomic E-state index is 12.7. The van der Waals surface area contributed by atoms with E-state index in [2.05, 4.69) is 5.32 Å². The zero-order chi connectivity index (χ0) is 19.8. The van der Waals surface area contributed by atoms with Crippen LogP contribution in [0.3, 0.4) is 0 Å². The lowest BCUT2D eigenvalue weighted by atomic mass is 9.54. The SMILES string of the molecule is CCOC1CC(NC(=O)C2CCN(S(=O)(=O)CC)CC2)(C(=O)O)C1(C)C. The Morgan fingerprint density at radius 2 is 1.81 bits per heavy atom. The van der Waals surface area contributed by atoms with E-state index in [0.29, 0.717) is 32.5 Å². The van der Waals surface area contributed by atoms with Gasteiger partial charge in [0.05, 0.1) is 11.9 Å². The summed E-state index contributed by atoms with van der Waals surface area (Å²) in [6.45, 7) is 8.11. The number of amides is 1. The van der Waals surface area contributed by atoms with Crippen molar-refractivity contribution in [2.75, 3.05) is 25.4 Å². The van der Waals surface area contributed by atoms with Gasteiger partial charge in [0.1, 0.15) is 5.54 Å². The van der Waals surface area contributed by atoms with E-state index in [0.717, 1.165) is 0 Å². The molecular weight excluding hydrogens is 360 g/mol. The summed E-state index contributed by atoms with van der Waals surface area (Å²) in [6.07, 6.45) is 0.810. The number of carbonyl (C=O) groups excluding carboxylic acids is 1. The van der Waals surface area contributed by atoms with Crippen LogP contribution < -0.4 is 5.32 Å². The summed E-state index contributed by atoms with van der Waals surface area (Å²) in [4.78, 5) is 24.7. The third-order valence-electron chi connectivity index (χ3n) is 6.05. The van der Waals surface area contributed by atoms with Crippen LogP contribution in [-0.2, 0) is 24.3 Å². The molecule has 9 heteroatoms. The molecule has 2 fully saturated rings. The van der Waals surface area contributed by atoms with E-state index in [1.807, 2.05) is 6.92 Å². The third kappa shape index (κ3) is 3.48. The zero-order valence-corrected chi connectivity index (χ0v) is 16.8. The lowest BCUT2D eigenvalue weighted by molar-refractivity contribution is -0.195. The fourth-order valence-corrected chi connectivity index (χ4v) is 5.06. The van der Waals surface area contributed by atoms with E-state index < -0.39 is 26.9 Å². The van der Waals surface area contributed by atoms with Crippen LogP contribution in [0.2, 0.25) is 0 Å². The first-order valence-corrected chi connectivity index (χ1v) is 10.8. The van der Waals surface area contributed by atoms with Crippen LogP contribution in [0.5, 0.6) is 0 Å². The number of hydrogen-bond acceptors (Lipinski definition) is 5. The van der Waals surface area contributed by atoms with Gasteiger partial charge in [0.2, 0.25) is 15.9 Å². The van der Waals surface area contributed by atoms with Gasteiger partial charge < -0.3 is 15.2 Å². The summed E-state index contributed by atoms with van der Waals surface area (Å²) in [5.41, 5.74) is -2.08. The normalized spacial score (nSPS) is 29.8. The van der Waals surface area contributed by atoms with E-state index in [-0.39, 0.29) is 30.1 Å².